The molecular formula is C17H22FN3. The maximum atomic E-state index is 13.9. The molecule has 0 aliphatic carbocycles. The Kier molecular flexibility index (Phi) is 4.06. The minimum Gasteiger partial charge on any atom is -0.384 e. The van der Waals surface area contributed by atoms with Crippen molar-refractivity contribution in [1.29, 1.82) is 0 Å². The van der Waals surface area contributed by atoms with E-state index in [0.29, 0.717) is 11.4 Å². The monoisotopic (exact) mass is 287 g/mol. The highest BCUT2D eigenvalue weighted by atomic mass is 19.1. The molecule has 1 aromatic heterocycles. The summed E-state index contributed by atoms with van der Waals surface area (Å²) in [6, 6.07) is 7.15. The summed E-state index contributed by atoms with van der Waals surface area (Å²) in [6.45, 7) is 5.16. The minimum atomic E-state index is -0.253. The van der Waals surface area contributed by atoms with Gasteiger partial charge in [0.1, 0.15) is 11.3 Å². The van der Waals surface area contributed by atoms with Crippen molar-refractivity contribution in [3.8, 4) is 0 Å². The van der Waals surface area contributed by atoms with Gasteiger partial charge in [-0.3, -0.25) is 0 Å². The Balaban J connectivity index is 1.82. The molecule has 1 aromatic carbocycles. The standard InChI is InChI=1S/C17H22FN3/c1-12-9-16(14-6-3-7-15(18)17(14)20-12)19-10-13-5-4-8-21(2)11-13/h3,6-7,9,13H,4-5,8,10-11H2,1-2H3,(H,19,20). The van der Waals surface area contributed by atoms with Crippen molar-refractivity contribution in [2.45, 2.75) is 19.8 Å². The lowest BCUT2D eigenvalue weighted by Crippen LogP contribution is -2.35. The summed E-state index contributed by atoms with van der Waals surface area (Å²) < 4.78 is 13.9. The molecule has 3 rings (SSSR count). The van der Waals surface area contributed by atoms with Gasteiger partial charge in [-0.1, -0.05) is 12.1 Å². The predicted molar refractivity (Wildman–Crippen MR) is 85.1 cm³/mol. The molecule has 3 nitrogen and oxygen atoms in total. The van der Waals surface area contributed by atoms with Gasteiger partial charge in [-0.15, -0.1) is 0 Å². The largest absolute Gasteiger partial charge is 0.384 e. The maximum absolute atomic E-state index is 13.9. The van der Waals surface area contributed by atoms with Gasteiger partial charge in [0.05, 0.1) is 0 Å². The second-order valence-electron chi connectivity index (χ2n) is 6.10. The lowest BCUT2D eigenvalue weighted by molar-refractivity contribution is 0.217. The van der Waals surface area contributed by atoms with Gasteiger partial charge in [0.15, 0.2) is 0 Å². The number of aromatic nitrogens is 1. The lowest BCUT2D eigenvalue weighted by atomic mass is 9.98. The van der Waals surface area contributed by atoms with Crippen molar-refractivity contribution in [3.05, 3.63) is 35.8 Å². The first-order valence-electron chi connectivity index (χ1n) is 7.62. The van der Waals surface area contributed by atoms with E-state index < -0.39 is 0 Å². The number of aryl methyl sites for hydroxylation is 1. The summed E-state index contributed by atoms with van der Waals surface area (Å²) >= 11 is 0. The van der Waals surface area contributed by atoms with Gasteiger partial charge in [-0.25, -0.2) is 9.37 Å². The highest BCUT2D eigenvalue weighted by Gasteiger charge is 2.17. The molecule has 1 aliphatic heterocycles. The summed E-state index contributed by atoms with van der Waals surface area (Å²) in [4.78, 5) is 6.70. The Morgan fingerprint density at radius 1 is 1.43 bits per heavy atom. The zero-order chi connectivity index (χ0) is 14.8. The van der Waals surface area contributed by atoms with Crippen LogP contribution in [0.2, 0.25) is 0 Å². The molecule has 1 atom stereocenters. The molecule has 1 unspecified atom stereocenters. The molecule has 1 aliphatic rings. The van der Waals surface area contributed by atoms with E-state index >= 15 is 0 Å². The molecular weight excluding hydrogens is 265 g/mol. The van der Waals surface area contributed by atoms with Gasteiger partial charge in [0.2, 0.25) is 0 Å². The number of halogens is 1. The number of rotatable bonds is 3. The third-order valence-corrected chi connectivity index (χ3v) is 4.22. The van der Waals surface area contributed by atoms with Crippen molar-refractivity contribution >= 4 is 16.6 Å². The number of nitrogens with one attached hydrogen (secondary N) is 1. The Hall–Kier alpha value is -1.68. The van der Waals surface area contributed by atoms with Crippen LogP contribution >= 0.6 is 0 Å². The van der Waals surface area contributed by atoms with E-state index in [2.05, 4.69) is 22.2 Å². The normalized spacial score (nSPS) is 19.9. The molecule has 21 heavy (non-hydrogen) atoms. The minimum absolute atomic E-state index is 0.253. The number of fused-ring (bicyclic) bond motifs is 1. The van der Waals surface area contributed by atoms with Crippen molar-refractivity contribution in [1.82, 2.24) is 9.88 Å². The molecule has 0 spiro atoms. The number of pyridine rings is 1. The molecule has 0 bridgehead atoms. The van der Waals surface area contributed by atoms with Crippen LogP contribution in [0.3, 0.4) is 0 Å². The van der Waals surface area contributed by atoms with Gasteiger partial charge in [-0.05, 0) is 51.4 Å². The zero-order valence-corrected chi connectivity index (χ0v) is 12.7. The molecule has 1 N–H and O–H groups in total. The average Bonchev–Trinajstić information content (AvgIpc) is 2.46. The number of para-hydroxylation sites is 1. The van der Waals surface area contributed by atoms with Crippen LogP contribution in [-0.2, 0) is 0 Å². The number of anilines is 1. The highest BCUT2D eigenvalue weighted by molar-refractivity contribution is 5.91. The molecule has 2 aromatic rings. The quantitative estimate of drug-likeness (QED) is 0.937. The van der Waals surface area contributed by atoms with Gasteiger partial charge in [0, 0.05) is 29.9 Å². The number of likely N-dealkylation sites (tertiary alicyclic amines) is 1. The Bertz CT molecular complexity index is 641. The predicted octanol–water partition coefficient (Wildman–Crippen LogP) is 3.44. The fraction of sp³-hybridized carbons (Fsp3) is 0.471. The van der Waals surface area contributed by atoms with Gasteiger partial charge < -0.3 is 10.2 Å². The van der Waals surface area contributed by atoms with Crippen molar-refractivity contribution in [2.24, 2.45) is 5.92 Å². The molecule has 0 saturated carbocycles. The first kappa shape index (κ1) is 14.3. The Labute approximate surface area is 125 Å². The lowest BCUT2D eigenvalue weighted by Gasteiger charge is -2.30. The third kappa shape index (κ3) is 3.16. The van der Waals surface area contributed by atoms with Crippen LogP contribution in [-0.4, -0.2) is 36.6 Å². The summed E-state index contributed by atoms with van der Waals surface area (Å²) in [5, 5.41) is 4.38. The van der Waals surface area contributed by atoms with Gasteiger partial charge >= 0.3 is 0 Å². The van der Waals surface area contributed by atoms with Crippen LogP contribution < -0.4 is 5.32 Å². The van der Waals surface area contributed by atoms with Gasteiger partial charge in [0.25, 0.3) is 0 Å². The van der Waals surface area contributed by atoms with Crippen molar-refractivity contribution in [3.63, 3.8) is 0 Å². The number of benzene rings is 1. The number of piperidine rings is 1. The fourth-order valence-electron chi connectivity index (χ4n) is 3.18. The van der Waals surface area contributed by atoms with Crippen LogP contribution in [0.4, 0.5) is 10.1 Å². The summed E-state index contributed by atoms with van der Waals surface area (Å²) in [7, 11) is 2.17. The summed E-state index contributed by atoms with van der Waals surface area (Å²) in [6.07, 6.45) is 2.52. The summed E-state index contributed by atoms with van der Waals surface area (Å²) in [5.41, 5.74) is 2.29. The van der Waals surface area contributed by atoms with E-state index in [1.54, 1.807) is 6.07 Å². The van der Waals surface area contributed by atoms with E-state index in [0.717, 1.165) is 29.9 Å². The zero-order valence-electron chi connectivity index (χ0n) is 12.7. The van der Waals surface area contributed by atoms with Crippen molar-refractivity contribution in [2.75, 3.05) is 32.0 Å². The molecule has 2 heterocycles. The molecule has 1 saturated heterocycles. The van der Waals surface area contributed by atoms with Crippen LogP contribution in [0, 0.1) is 18.7 Å². The molecule has 0 radical (unpaired) electrons. The van der Waals surface area contributed by atoms with E-state index in [9.17, 15) is 4.39 Å². The second-order valence-corrected chi connectivity index (χ2v) is 6.10. The summed E-state index contributed by atoms with van der Waals surface area (Å²) in [5.74, 6) is 0.400. The molecule has 4 heteroatoms. The molecule has 0 amide bonds. The van der Waals surface area contributed by atoms with E-state index in [4.69, 9.17) is 0 Å². The van der Waals surface area contributed by atoms with E-state index in [1.165, 1.54) is 25.5 Å². The number of hydrogen-bond donors (Lipinski definition) is 1. The van der Waals surface area contributed by atoms with Crippen LogP contribution in [0.15, 0.2) is 24.3 Å². The Morgan fingerprint density at radius 3 is 3.10 bits per heavy atom. The fourth-order valence-corrected chi connectivity index (χ4v) is 3.18. The van der Waals surface area contributed by atoms with Crippen LogP contribution in [0.1, 0.15) is 18.5 Å². The molecule has 112 valence electrons. The third-order valence-electron chi connectivity index (χ3n) is 4.22. The topological polar surface area (TPSA) is 28.2 Å². The average molecular weight is 287 g/mol. The molecule has 1 fully saturated rings. The smallest absolute Gasteiger partial charge is 0.149 e. The SMILES string of the molecule is Cc1cc(NCC2CCCN(C)C2)c2cccc(F)c2n1. The highest BCUT2D eigenvalue weighted by Crippen LogP contribution is 2.26. The first-order chi connectivity index (χ1) is 10.1. The number of hydrogen-bond acceptors (Lipinski definition) is 3. The van der Waals surface area contributed by atoms with Crippen LogP contribution in [0.25, 0.3) is 10.9 Å². The maximum Gasteiger partial charge on any atom is 0.149 e. The van der Waals surface area contributed by atoms with Crippen LogP contribution in [0.5, 0.6) is 0 Å². The first-order valence-corrected chi connectivity index (χ1v) is 7.62. The van der Waals surface area contributed by atoms with E-state index in [-0.39, 0.29) is 5.82 Å². The van der Waals surface area contributed by atoms with Gasteiger partial charge in [-0.2, -0.15) is 0 Å². The Morgan fingerprint density at radius 2 is 2.29 bits per heavy atom. The number of nitrogens with zero attached hydrogens (tertiary/aromatic N) is 2. The van der Waals surface area contributed by atoms with E-state index in [1.807, 2.05) is 19.1 Å². The van der Waals surface area contributed by atoms with Crippen molar-refractivity contribution < 1.29 is 4.39 Å². The second kappa shape index (κ2) is 5.98.